The quantitative estimate of drug-likeness (QED) is 0.666. The lowest BCUT2D eigenvalue weighted by Gasteiger charge is -2.31. The van der Waals surface area contributed by atoms with Gasteiger partial charge in [0.15, 0.2) is 5.11 Å². The normalized spacial score (nSPS) is 16.3. The van der Waals surface area contributed by atoms with Gasteiger partial charge in [0.2, 0.25) is 0 Å². The summed E-state index contributed by atoms with van der Waals surface area (Å²) in [7, 11) is 5.46. The molecule has 1 aromatic rings. The van der Waals surface area contributed by atoms with E-state index in [9.17, 15) is 0 Å². The number of ether oxygens (including phenoxy) is 2. The Morgan fingerprint density at radius 2 is 1.71 bits per heavy atom. The first-order chi connectivity index (χ1) is 10.1. The molecule has 0 aromatic heterocycles. The summed E-state index contributed by atoms with van der Waals surface area (Å²) in [5, 5.41) is 5.87. The molecule has 7 heteroatoms. The van der Waals surface area contributed by atoms with Crippen molar-refractivity contribution in [2.45, 2.75) is 0 Å². The molecule has 0 amide bonds. The summed E-state index contributed by atoms with van der Waals surface area (Å²) >= 11 is 5.35. The van der Waals surface area contributed by atoms with E-state index in [2.05, 4.69) is 22.8 Å². The van der Waals surface area contributed by atoms with Crippen LogP contribution >= 0.6 is 12.2 Å². The molecule has 0 spiro atoms. The molecule has 0 unspecified atom stereocenters. The van der Waals surface area contributed by atoms with Crippen LogP contribution in [0, 0.1) is 0 Å². The number of rotatable bonds is 4. The number of anilines is 1. The van der Waals surface area contributed by atoms with Gasteiger partial charge in [0.05, 0.1) is 47.4 Å². The van der Waals surface area contributed by atoms with Crippen molar-refractivity contribution in [3.05, 3.63) is 18.2 Å². The van der Waals surface area contributed by atoms with Crippen molar-refractivity contribution in [3.8, 4) is 11.5 Å². The van der Waals surface area contributed by atoms with Crippen molar-refractivity contribution in [1.82, 2.24) is 10.4 Å². The molecule has 1 heterocycles. The highest BCUT2D eigenvalue weighted by Gasteiger charge is 2.17. The summed E-state index contributed by atoms with van der Waals surface area (Å²) in [5.74, 6) is 1.45. The molecule has 1 saturated heterocycles. The number of benzene rings is 1. The first-order valence-electron chi connectivity index (χ1n) is 6.97. The second-order valence-electron chi connectivity index (χ2n) is 5.11. The van der Waals surface area contributed by atoms with Crippen LogP contribution in [0.15, 0.2) is 18.2 Å². The van der Waals surface area contributed by atoms with Crippen LogP contribution in [0.2, 0.25) is 0 Å². The van der Waals surface area contributed by atoms with Crippen LogP contribution in [0.1, 0.15) is 0 Å². The first-order valence-corrected chi connectivity index (χ1v) is 7.38. The highest BCUT2D eigenvalue weighted by atomic mass is 32.1. The number of quaternary nitrogens is 1. The second kappa shape index (κ2) is 7.44. The largest absolute Gasteiger partial charge is 0.497 e. The highest BCUT2D eigenvalue weighted by molar-refractivity contribution is 7.80. The van der Waals surface area contributed by atoms with Crippen molar-refractivity contribution >= 4 is 23.0 Å². The Labute approximate surface area is 131 Å². The van der Waals surface area contributed by atoms with E-state index in [1.165, 1.54) is 0 Å². The number of methoxy groups -OCH3 is 2. The summed E-state index contributed by atoms with van der Waals surface area (Å²) in [6.07, 6.45) is 0. The van der Waals surface area contributed by atoms with Gasteiger partial charge in [-0.15, -0.1) is 0 Å². The van der Waals surface area contributed by atoms with Gasteiger partial charge in [-0.25, -0.2) is 5.01 Å². The Kier molecular flexibility index (Phi) is 5.60. The molecule has 0 radical (unpaired) electrons. The molecule has 6 nitrogen and oxygen atoms in total. The second-order valence-corrected chi connectivity index (χ2v) is 5.52. The fourth-order valence-corrected chi connectivity index (χ4v) is 2.43. The molecule has 0 aliphatic carbocycles. The van der Waals surface area contributed by atoms with Gasteiger partial charge in [-0.3, -0.25) is 5.43 Å². The first kappa shape index (κ1) is 15.8. The maximum atomic E-state index is 5.35. The number of nitrogens with zero attached hydrogens (tertiary/aromatic N) is 1. The van der Waals surface area contributed by atoms with Crippen LogP contribution in [0.5, 0.6) is 11.5 Å². The van der Waals surface area contributed by atoms with Crippen LogP contribution < -0.4 is 25.1 Å². The minimum atomic E-state index is 0.574. The zero-order chi connectivity index (χ0) is 15.2. The molecule has 1 fully saturated rings. The SMILES string of the molecule is COc1cc(NC(=S)NN2CC[NH+](C)CC2)cc(OC)c1. The van der Waals surface area contributed by atoms with Crippen LogP contribution in [-0.2, 0) is 0 Å². The van der Waals surface area contributed by atoms with E-state index in [0.717, 1.165) is 43.4 Å². The minimum absolute atomic E-state index is 0.574. The fourth-order valence-electron chi connectivity index (χ4n) is 2.18. The van der Waals surface area contributed by atoms with E-state index >= 15 is 0 Å². The fraction of sp³-hybridized carbons (Fsp3) is 0.500. The summed E-state index contributed by atoms with van der Waals surface area (Å²) in [4.78, 5) is 1.55. The Balaban J connectivity index is 1.93. The van der Waals surface area contributed by atoms with Crippen LogP contribution in [0.25, 0.3) is 0 Å². The third kappa shape index (κ3) is 4.73. The smallest absolute Gasteiger partial charge is 0.185 e. The lowest BCUT2D eigenvalue weighted by Crippen LogP contribution is -3.12. The number of nitrogens with one attached hydrogen (secondary N) is 3. The lowest BCUT2D eigenvalue weighted by atomic mass is 10.3. The number of hydrogen-bond acceptors (Lipinski definition) is 4. The van der Waals surface area contributed by atoms with E-state index in [1.807, 2.05) is 18.2 Å². The van der Waals surface area contributed by atoms with Crippen LogP contribution in [0.3, 0.4) is 0 Å². The Morgan fingerprint density at radius 3 is 2.24 bits per heavy atom. The molecule has 116 valence electrons. The molecule has 1 aromatic carbocycles. The molecule has 0 atom stereocenters. The maximum Gasteiger partial charge on any atom is 0.185 e. The van der Waals surface area contributed by atoms with Gasteiger partial charge in [0.1, 0.15) is 11.5 Å². The van der Waals surface area contributed by atoms with Gasteiger partial charge in [0.25, 0.3) is 0 Å². The van der Waals surface area contributed by atoms with E-state index in [-0.39, 0.29) is 0 Å². The predicted octanol–water partition coefficient (Wildman–Crippen LogP) is -0.264. The topological polar surface area (TPSA) is 50.2 Å². The summed E-state index contributed by atoms with van der Waals surface area (Å²) in [6, 6.07) is 5.58. The van der Waals surface area contributed by atoms with E-state index in [1.54, 1.807) is 19.1 Å². The molecular weight excluding hydrogens is 288 g/mol. The van der Waals surface area contributed by atoms with E-state index in [4.69, 9.17) is 21.7 Å². The zero-order valence-corrected chi connectivity index (χ0v) is 13.5. The zero-order valence-electron chi connectivity index (χ0n) is 12.7. The highest BCUT2D eigenvalue weighted by Crippen LogP contribution is 2.25. The molecule has 2 rings (SSSR count). The van der Waals surface area contributed by atoms with E-state index < -0.39 is 0 Å². The lowest BCUT2D eigenvalue weighted by molar-refractivity contribution is -0.884. The Bertz CT molecular complexity index is 468. The van der Waals surface area contributed by atoms with Crippen molar-refractivity contribution in [3.63, 3.8) is 0 Å². The molecule has 3 N–H and O–H groups in total. The van der Waals surface area contributed by atoms with Crippen molar-refractivity contribution in [2.24, 2.45) is 0 Å². The number of likely N-dealkylation sites (N-methyl/N-ethyl adjacent to an activating group) is 1. The van der Waals surface area contributed by atoms with E-state index in [0.29, 0.717) is 5.11 Å². The summed E-state index contributed by atoms with van der Waals surface area (Å²) < 4.78 is 10.5. The van der Waals surface area contributed by atoms with Crippen molar-refractivity contribution in [1.29, 1.82) is 0 Å². The number of piperazine rings is 1. The average Bonchev–Trinajstić information content (AvgIpc) is 2.49. The Hall–Kier alpha value is -1.57. The molecule has 1 aliphatic heterocycles. The molecular formula is C14H23N4O2S+. The Morgan fingerprint density at radius 1 is 1.14 bits per heavy atom. The molecule has 21 heavy (non-hydrogen) atoms. The third-order valence-electron chi connectivity index (χ3n) is 3.49. The van der Waals surface area contributed by atoms with Crippen molar-refractivity contribution in [2.75, 3.05) is 52.8 Å². The van der Waals surface area contributed by atoms with Gasteiger partial charge >= 0.3 is 0 Å². The van der Waals surface area contributed by atoms with Crippen molar-refractivity contribution < 1.29 is 14.4 Å². The predicted molar refractivity (Wildman–Crippen MR) is 87.1 cm³/mol. The van der Waals surface area contributed by atoms with Gasteiger partial charge in [0, 0.05) is 23.9 Å². The monoisotopic (exact) mass is 311 g/mol. The number of hydrogen-bond donors (Lipinski definition) is 3. The molecule has 1 aliphatic rings. The molecule has 0 bridgehead atoms. The van der Waals surface area contributed by atoms with Gasteiger partial charge in [-0.05, 0) is 12.2 Å². The standard InChI is InChI=1S/C14H22N4O2S/c1-17-4-6-18(7-5-17)16-14(21)15-11-8-12(19-2)10-13(9-11)20-3/h8-10H,4-7H2,1-3H3,(H2,15,16,21)/p+1. The maximum absolute atomic E-state index is 5.35. The summed E-state index contributed by atoms with van der Waals surface area (Å²) in [5.41, 5.74) is 4.06. The van der Waals surface area contributed by atoms with Gasteiger partial charge in [-0.2, -0.15) is 0 Å². The average molecular weight is 311 g/mol. The third-order valence-corrected chi connectivity index (χ3v) is 3.68. The number of thiocarbonyl (C=S) groups is 1. The van der Waals surface area contributed by atoms with Gasteiger partial charge in [-0.1, -0.05) is 0 Å². The van der Waals surface area contributed by atoms with Gasteiger partial charge < -0.3 is 19.7 Å². The number of hydrazine groups is 1. The molecule has 0 saturated carbocycles. The summed E-state index contributed by atoms with van der Waals surface area (Å²) in [6.45, 7) is 4.19. The van der Waals surface area contributed by atoms with Crippen LogP contribution in [0.4, 0.5) is 5.69 Å². The van der Waals surface area contributed by atoms with Crippen LogP contribution in [-0.4, -0.2) is 57.6 Å². The minimum Gasteiger partial charge on any atom is -0.497 e.